The van der Waals surface area contributed by atoms with Gasteiger partial charge in [0, 0.05) is 13.5 Å². The molecule has 3 heteroatoms. The van der Waals surface area contributed by atoms with Crippen molar-refractivity contribution in [2.45, 2.75) is 33.6 Å². The molecule has 0 bridgehead atoms. The molecule has 68 valence electrons. The lowest BCUT2D eigenvalue weighted by atomic mass is 9.97. The topological polar surface area (TPSA) is 12.0 Å². The van der Waals surface area contributed by atoms with Crippen molar-refractivity contribution in [3.8, 4) is 0 Å². The number of hydrogen-bond acceptors (Lipinski definition) is 1. The minimum Gasteiger partial charge on any atom is -0.311 e. The molecule has 0 fully saturated rings. The Balaban J connectivity index is 3.44. The highest BCUT2D eigenvalue weighted by atomic mass is 19.3. The molecule has 0 aliphatic heterocycles. The lowest BCUT2D eigenvalue weighted by Gasteiger charge is -2.20. The molecular weight excluding hydrogens is 148 g/mol. The quantitative estimate of drug-likeness (QED) is 0.676. The molecular formula is C8H17F2N. The van der Waals surface area contributed by atoms with E-state index in [0.717, 1.165) is 6.92 Å². The lowest BCUT2D eigenvalue weighted by Crippen LogP contribution is -2.35. The van der Waals surface area contributed by atoms with E-state index in [4.69, 9.17) is 0 Å². The van der Waals surface area contributed by atoms with Crippen molar-refractivity contribution in [2.24, 2.45) is 5.41 Å². The van der Waals surface area contributed by atoms with Crippen molar-refractivity contribution in [1.29, 1.82) is 0 Å². The average Bonchev–Trinajstić information content (AvgIpc) is 1.55. The highest BCUT2D eigenvalue weighted by Gasteiger charge is 2.21. The van der Waals surface area contributed by atoms with Crippen LogP contribution in [0.1, 0.15) is 27.7 Å². The van der Waals surface area contributed by atoms with Gasteiger partial charge >= 0.3 is 0 Å². The van der Waals surface area contributed by atoms with Crippen LogP contribution in [0.5, 0.6) is 0 Å². The third-order valence-corrected chi connectivity index (χ3v) is 1.09. The zero-order valence-corrected chi connectivity index (χ0v) is 7.67. The van der Waals surface area contributed by atoms with Crippen molar-refractivity contribution in [2.75, 3.05) is 13.1 Å². The Bertz CT molecular complexity index is 96.2. The number of halogens is 2. The summed E-state index contributed by atoms with van der Waals surface area (Å²) in [6.07, 6.45) is 0. The van der Waals surface area contributed by atoms with Crippen molar-refractivity contribution < 1.29 is 8.78 Å². The van der Waals surface area contributed by atoms with Crippen LogP contribution in [-0.2, 0) is 0 Å². The van der Waals surface area contributed by atoms with E-state index in [0.29, 0.717) is 6.54 Å². The molecule has 0 atom stereocenters. The van der Waals surface area contributed by atoms with Gasteiger partial charge in [0.05, 0.1) is 6.54 Å². The van der Waals surface area contributed by atoms with Crippen molar-refractivity contribution in [1.82, 2.24) is 5.32 Å². The first-order chi connectivity index (χ1) is 4.71. The van der Waals surface area contributed by atoms with E-state index in [1.54, 1.807) is 0 Å². The zero-order valence-electron chi connectivity index (χ0n) is 7.67. The monoisotopic (exact) mass is 165 g/mol. The van der Waals surface area contributed by atoms with Crippen LogP contribution >= 0.6 is 0 Å². The predicted octanol–water partition coefficient (Wildman–Crippen LogP) is 2.28. The van der Waals surface area contributed by atoms with E-state index in [2.05, 4.69) is 5.32 Å². The number of alkyl halides is 2. The first-order valence-electron chi connectivity index (χ1n) is 3.79. The zero-order chi connectivity index (χ0) is 9.12. The summed E-state index contributed by atoms with van der Waals surface area (Å²) in [7, 11) is 0. The summed E-state index contributed by atoms with van der Waals surface area (Å²) in [6, 6.07) is 0. The Kier molecular flexibility index (Phi) is 3.42. The minimum atomic E-state index is -2.59. The molecule has 0 saturated heterocycles. The number of nitrogens with one attached hydrogen (secondary N) is 1. The molecule has 1 nitrogen and oxygen atoms in total. The molecule has 0 amide bonds. The fraction of sp³-hybridized carbons (Fsp3) is 1.00. The van der Waals surface area contributed by atoms with Crippen LogP contribution in [0.15, 0.2) is 0 Å². The summed E-state index contributed by atoms with van der Waals surface area (Å²) in [5.41, 5.74) is 0.0747. The van der Waals surface area contributed by atoms with Crippen LogP contribution in [0.2, 0.25) is 0 Å². The summed E-state index contributed by atoms with van der Waals surface area (Å²) >= 11 is 0. The van der Waals surface area contributed by atoms with Crippen molar-refractivity contribution in [3.05, 3.63) is 0 Å². The Labute approximate surface area is 67.2 Å². The first kappa shape index (κ1) is 10.8. The SMILES string of the molecule is CC(C)(C)CNCC(C)(F)F. The van der Waals surface area contributed by atoms with Crippen molar-refractivity contribution >= 4 is 0 Å². The lowest BCUT2D eigenvalue weighted by molar-refractivity contribution is 0.0210. The molecule has 0 radical (unpaired) electrons. The van der Waals surface area contributed by atoms with E-state index < -0.39 is 5.92 Å². The molecule has 0 spiro atoms. The molecule has 0 aromatic carbocycles. The van der Waals surface area contributed by atoms with Gasteiger partial charge in [0.15, 0.2) is 0 Å². The molecule has 0 rings (SSSR count). The van der Waals surface area contributed by atoms with Crippen LogP contribution in [0.4, 0.5) is 8.78 Å². The maximum Gasteiger partial charge on any atom is 0.257 e. The van der Waals surface area contributed by atoms with E-state index in [9.17, 15) is 8.78 Å². The summed E-state index contributed by atoms with van der Waals surface area (Å²) in [5.74, 6) is -2.59. The van der Waals surface area contributed by atoms with Gasteiger partial charge in [-0.15, -0.1) is 0 Å². The van der Waals surface area contributed by atoms with Gasteiger partial charge in [-0.2, -0.15) is 0 Å². The predicted molar refractivity (Wildman–Crippen MR) is 42.9 cm³/mol. The second kappa shape index (κ2) is 3.48. The Morgan fingerprint density at radius 3 is 1.73 bits per heavy atom. The largest absolute Gasteiger partial charge is 0.311 e. The molecule has 0 heterocycles. The third kappa shape index (κ3) is 9.82. The van der Waals surface area contributed by atoms with Crippen molar-refractivity contribution in [3.63, 3.8) is 0 Å². The molecule has 0 unspecified atom stereocenters. The van der Waals surface area contributed by atoms with Crippen LogP contribution in [-0.4, -0.2) is 19.0 Å². The van der Waals surface area contributed by atoms with Gasteiger partial charge in [-0.1, -0.05) is 20.8 Å². The van der Waals surface area contributed by atoms with Crippen LogP contribution in [0.3, 0.4) is 0 Å². The van der Waals surface area contributed by atoms with E-state index in [-0.39, 0.29) is 12.0 Å². The second-order valence-corrected chi connectivity index (χ2v) is 4.23. The van der Waals surface area contributed by atoms with Gasteiger partial charge < -0.3 is 5.32 Å². The minimum absolute atomic E-state index is 0.0747. The summed E-state index contributed by atoms with van der Waals surface area (Å²) < 4.78 is 24.5. The number of rotatable bonds is 3. The standard InChI is InChI=1S/C8H17F2N/c1-7(2,3)5-11-6-8(4,9)10/h11H,5-6H2,1-4H3. The summed E-state index contributed by atoms with van der Waals surface area (Å²) in [5, 5.41) is 2.72. The van der Waals surface area contributed by atoms with E-state index >= 15 is 0 Å². The Morgan fingerprint density at radius 1 is 1.00 bits per heavy atom. The van der Waals surface area contributed by atoms with Gasteiger partial charge in [0.1, 0.15) is 0 Å². The smallest absolute Gasteiger partial charge is 0.257 e. The molecule has 0 saturated carbocycles. The van der Waals surface area contributed by atoms with Crippen LogP contribution < -0.4 is 5.32 Å². The third-order valence-electron chi connectivity index (χ3n) is 1.09. The van der Waals surface area contributed by atoms with Gasteiger partial charge in [-0.25, -0.2) is 8.78 Å². The van der Waals surface area contributed by atoms with Gasteiger partial charge in [0.25, 0.3) is 5.92 Å². The van der Waals surface area contributed by atoms with Crippen LogP contribution in [0.25, 0.3) is 0 Å². The van der Waals surface area contributed by atoms with E-state index in [1.807, 2.05) is 20.8 Å². The molecule has 0 aromatic heterocycles. The van der Waals surface area contributed by atoms with Gasteiger partial charge in [-0.3, -0.25) is 0 Å². The van der Waals surface area contributed by atoms with Gasteiger partial charge in [-0.05, 0) is 5.41 Å². The molecule has 0 aliphatic carbocycles. The normalized spacial score (nSPS) is 13.6. The second-order valence-electron chi connectivity index (χ2n) is 4.23. The molecule has 11 heavy (non-hydrogen) atoms. The molecule has 0 aliphatic rings. The molecule has 1 N–H and O–H groups in total. The maximum absolute atomic E-state index is 12.2. The fourth-order valence-corrected chi connectivity index (χ4v) is 0.657. The fourth-order valence-electron chi connectivity index (χ4n) is 0.657. The first-order valence-corrected chi connectivity index (χ1v) is 3.79. The van der Waals surface area contributed by atoms with E-state index in [1.165, 1.54) is 0 Å². The summed E-state index contributed by atoms with van der Waals surface area (Å²) in [6.45, 7) is 7.33. The summed E-state index contributed by atoms with van der Waals surface area (Å²) in [4.78, 5) is 0. The number of hydrogen-bond donors (Lipinski definition) is 1. The highest BCUT2D eigenvalue weighted by Crippen LogP contribution is 2.13. The Hall–Kier alpha value is -0.180. The molecule has 0 aromatic rings. The Morgan fingerprint density at radius 2 is 1.45 bits per heavy atom. The van der Waals surface area contributed by atoms with Gasteiger partial charge in [0.2, 0.25) is 0 Å². The maximum atomic E-state index is 12.2. The average molecular weight is 165 g/mol. The van der Waals surface area contributed by atoms with Crippen LogP contribution in [0, 0.1) is 5.41 Å². The highest BCUT2D eigenvalue weighted by molar-refractivity contribution is 4.68.